The summed E-state index contributed by atoms with van der Waals surface area (Å²) in [4.78, 5) is 27.9. The molecule has 206 valence electrons. The maximum Gasteiger partial charge on any atom is 0.222 e. The number of hydrogen-bond donors (Lipinski definition) is 0. The Morgan fingerprint density at radius 2 is 1.64 bits per heavy atom. The second kappa shape index (κ2) is 7.39. The van der Waals surface area contributed by atoms with Gasteiger partial charge in [0.25, 0.3) is 0 Å². The predicted octanol–water partition coefficient (Wildman–Crippen LogP) is 6.60. The smallest absolute Gasteiger partial charge is 0.222 e. The highest BCUT2D eigenvalue weighted by Crippen LogP contribution is 2.76. The largest absolute Gasteiger partial charge is 0.425 e. The third-order valence-electron chi connectivity index (χ3n) is 13.3. The lowest BCUT2D eigenvalue weighted by Crippen LogP contribution is -2.65. The minimum atomic E-state index is -0.448. The van der Waals surface area contributed by atoms with Crippen LogP contribution >= 0.6 is 0 Å². The molecule has 6 aliphatic rings. The summed E-state index contributed by atoms with van der Waals surface area (Å²) in [5.41, 5.74) is 0.0992. The molecule has 6 aliphatic carbocycles. The molecule has 0 radical (unpaired) electrons. The van der Waals surface area contributed by atoms with Crippen molar-refractivity contribution in [2.75, 3.05) is 0 Å². The van der Waals surface area contributed by atoms with Crippen LogP contribution in [0.15, 0.2) is 27.7 Å². The number of Topliss-reactive ketones (excluding diaryl/α,β-unsaturated/α-hetero) is 1. The Kier molecular flexibility index (Phi) is 4.82. The molecule has 6 nitrogen and oxygen atoms in total. The number of carbonyl (C=O) groups excluding carboxylic acids is 2. The molecule has 1 unspecified atom stereocenters. The normalized spacial score (nSPS) is 45.2. The van der Waals surface area contributed by atoms with Crippen LogP contribution in [0.25, 0.3) is 0 Å². The summed E-state index contributed by atoms with van der Waals surface area (Å²) in [7, 11) is 0. The first-order valence-corrected chi connectivity index (χ1v) is 15.0. The number of aryl methyl sites for hydroxylation is 1. The molecule has 0 bridgehead atoms. The monoisotopic (exact) mass is 527 g/mol. The first-order chi connectivity index (χ1) is 18.3. The fourth-order valence-corrected chi connectivity index (χ4v) is 10.9. The lowest BCUT2D eigenvalue weighted by molar-refractivity contribution is -0.160. The number of allylic oxidation sites excluding steroid dienone is 4. The second-order valence-electron chi connectivity index (χ2n) is 15.5. The zero-order chi connectivity index (χ0) is 27.8. The first-order valence-electron chi connectivity index (χ1n) is 15.0. The minimum Gasteiger partial charge on any atom is -0.425 e. The van der Waals surface area contributed by atoms with E-state index in [0.717, 1.165) is 63.7 Å². The van der Waals surface area contributed by atoms with E-state index in [-0.39, 0.29) is 51.0 Å². The third-order valence-corrected chi connectivity index (χ3v) is 13.3. The molecule has 39 heavy (non-hydrogen) atoms. The highest BCUT2D eigenvalue weighted by Gasteiger charge is 2.72. The number of nitriles is 1. The zero-order valence-corrected chi connectivity index (χ0v) is 24.3. The molecule has 0 aliphatic heterocycles. The van der Waals surface area contributed by atoms with Crippen molar-refractivity contribution in [3.8, 4) is 6.07 Å². The number of aromatic nitrogens is 2. The van der Waals surface area contributed by atoms with Gasteiger partial charge in [-0.3, -0.25) is 9.59 Å². The van der Waals surface area contributed by atoms with Crippen LogP contribution in [0.3, 0.4) is 0 Å². The zero-order valence-electron chi connectivity index (χ0n) is 24.3. The Morgan fingerprint density at radius 1 is 0.949 bits per heavy atom. The van der Waals surface area contributed by atoms with E-state index in [4.69, 9.17) is 4.42 Å². The van der Waals surface area contributed by atoms with Crippen molar-refractivity contribution in [2.45, 2.75) is 105 Å². The molecule has 1 heterocycles. The molecule has 0 N–H and O–H groups in total. The fourth-order valence-electron chi connectivity index (χ4n) is 10.9. The molecule has 4 saturated carbocycles. The summed E-state index contributed by atoms with van der Waals surface area (Å²) in [5, 5.41) is 18.7. The van der Waals surface area contributed by atoms with E-state index in [9.17, 15) is 14.9 Å². The summed E-state index contributed by atoms with van der Waals surface area (Å²) in [6.07, 6.45) is 12.5. The lowest BCUT2D eigenvalue weighted by Gasteiger charge is -2.68. The van der Waals surface area contributed by atoms with Gasteiger partial charge in [-0.15, -0.1) is 10.2 Å². The van der Waals surface area contributed by atoms with Gasteiger partial charge >= 0.3 is 0 Å². The molecule has 4 fully saturated rings. The van der Waals surface area contributed by atoms with Gasteiger partial charge in [0.1, 0.15) is 6.07 Å². The molecule has 0 saturated heterocycles. The van der Waals surface area contributed by atoms with E-state index >= 15 is 0 Å². The third kappa shape index (κ3) is 2.93. The van der Waals surface area contributed by atoms with Crippen molar-refractivity contribution >= 4 is 11.6 Å². The maximum absolute atomic E-state index is 14.6. The Balaban J connectivity index is 1.40. The summed E-state index contributed by atoms with van der Waals surface area (Å²) < 4.78 is 6.16. The van der Waals surface area contributed by atoms with Gasteiger partial charge in [0.2, 0.25) is 11.8 Å². The fraction of sp³-hybridized carbons (Fsp3) is 0.727. The number of hydrogen-bond acceptors (Lipinski definition) is 6. The van der Waals surface area contributed by atoms with Gasteiger partial charge in [0, 0.05) is 23.7 Å². The second-order valence-corrected chi connectivity index (χ2v) is 15.5. The average Bonchev–Trinajstić information content (AvgIpc) is 3.54. The van der Waals surface area contributed by atoms with Gasteiger partial charge in [-0.1, -0.05) is 46.3 Å². The van der Waals surface area contributed by atoms with Crippen LogP contribution in [0, 0.1) is 63.1 Å². The summed E-state index contributed by atoms with van der Waals surface area (Å²) >= 11 is 0. The van der Waals surface area contributed by atoms with Gasteiger partial charge < -0.3 is 4.42 Å². The van der Waals surface area contributed by atoms with Gasteiger partial charge in [-0.2, -0.15) is 5.26 Å². The van der Waals surface area contributed by atoms with Gasteiger partial charge in [-0.25, -0.2) is 0 Å². The van der Waals surface area contributed by atoms with Crippen molar-refractivity contribution in [3.05, 3.63) is 35.1 Å². The van der Waals surface area contributed by atoms with Crippen LogP contribution in [0.4, 0.5) is 0 Å². The van der Waals surface area contributed by atoms with E-state index < -0.39 is 10.8 Å². The van der Waals surface area contributed by atoms with Crippen molar-refractivity contribution in [1.29, 1.82) is 5.26 Å². The number of fused-ring (bicyclic) bond motifs is 8. The summed E-state index contributed by atoms with van der Waals surface area (Å²) in [6.45, 7) is 13.5. The summed E-state index contributed by atoms with van der Waals surface area (Å²) in [5.74, 6) is 1.78. The van der Waals surface area contributed by atoms with Crippen LogP contribution in [0.1, 0.15) is 104 Å². The number of nitrogens with zero attached hydrogens (tertiary/aromatic N) is 3. The van der Waals surface area contributed by atoms with E-state index in [1.807, 2.05) is 19.1 Å². The van der Waals surface area contributed by atoms with Crippen LogP contribution in [-0.2, 0) is 15.0 Å². The van der Waals surface area contributed by atoms with Gasteiger partial charge in [0.15, 0.2) is 11.6 Å². The van der Waals surface area contributed by atoms with Crippen molar-refractivity contribution in [2.24, 2.45) is 44.8 Å². The molecule has 7 rings (SSSR count). The Labute approximate surface area is 231 Å². The molecule has 0 amide bonds. The van der Waals surface area contributed by atoms with E-state index in [1.54, 1.807) is 0 Å². The number of carbonyl (C=O) groups is 2. The van der Waals surface area contributed by atoms with Gasteiger partial charge in [0.05, 0.1) is 11.0 Å². The molecule has 7 atom stereocenters. The Bertz CT molecular complexity index is 1420. The van der Waals surface area contributed by atoms with Crippen LogP contribution in [-0.4, -0.2) is 21.8 Å². The molecule has 6 heteroatoms. The van der Waals surface area contributed by atoms with Gasteiger partial charge in [-0.05, 0) is 91.9 Å². The quantitative estimate of drug-likeness (QED) is 0.408. The number of rotatable bonds is 1. The van der Waals surface area contributed by atoms with Crippen molar-refractivity contribution in [3.63, 3.8) is 0 Å². The Morgan fingerprint density at radius 3 is 2.28 bits per heavy atom. The lowest BCUT2D eigenvalue weighted by atomic mass is 9.34. The first kappa shape index (κ1) is 25.4. The average molecular weight is 528 g/mol. The van der Waals surface area contributed by atoms with Crippen LogP contribution in [0.2, 0.25) is 0 Å². The molecule has 1 spiro atoms. The van der Waals surface area contributed by atoms with Crippen LogP contribution < -0.4 is 0 Å². The predicted molar refractivity (Wildman–Crippen MR) is 145 cm³/mol. The van der Waals surface area contributed by atoms with E-state index in [2.05, 4.69) is 50.9 Å². The van der Waals surface area contributed by atoms with E-state index in [0.29, 0.717) is 11.5 Å². The maximum atomic E-state index is 14.6. The Hall–Kier alpha value is -2.55. The van der Waals surface area contributed by atoms with Crippen LogP contribution in [0.5, 0.6) is 0 Å². The minimum absolute atomic E-state index is 0.0460. The SMILES string of the molecule is Cc1nnc([C@]23CCC(C)(C)CC2[C@H]2C(=O)C=C4[C@@]5(C)C=C(C#N)C(=O)C6(CC6)[C@@H]5CC[C@@]4(C)[C@]2(C)CC3)o1. The standard InChI is InChI=1S/C33H41N3O3/c1-19-35-36-27(39-19)32-11-9-28(2,3)17-21(32)25-22(37)15-24-29(4)16-20(18-34)26(38)33(13-14-33)23(29)7-8-30(24,5)31(25,6)10-12-32/h15-16,21,23,25H,7-14,17H2,1-6H3/t21?,23-,25+,29+,30-,31-,32+/m1/s1. The molecule has 1 aromatic rings. The summed E-state index contributed by atoms with van der Waals surface area (Å²) in [6, 6.07) is 2.24. The number of ketones is 2. The molecular formula is C33H41N3O3. The highest BCUT2D eigenvalue weighted by atomic mass is 16.4. The van der Waals surface area contributed by atoms with E-state index in [1.165, 1.54) is 5.57 Å². The topological polar surface area (TPSA) is 96.9 Å². The van der Waals surface area contributed by atoms with Crippen molar-refractivity contribution < 1.29 is 14.0 Å². The molecule has 1 aromatic heterocycles. The molecule has 0 aromatic carbocycles. The van der Waals surface area contributed by atoms with Crippen molar-refractivity contribution in [1.82, 2.24) is 10.2 Å². The highest BCUT2D eigenvalue weighted by molar-refractivity contribution is 6.06. The molecular weight excluding hydrogens is 486 g/mol.